The topological polar surface area (TPSA) is 82.6 Å². The number of halogens is 1. The summed E-state index contributed by atoms with van der Waals surface area (Å²) in [7, 11) is 0. The summed E-state index contributed by atoms with van der Waals surface area (Å²) in [6, 6.07) is 20.9. The number of allylic oxidation sites excluding steroid dienone is 1. The smallest absolute Gasteiger partial charge is 0.312 e. The Hall–Kier alpha value is -3.90. The molecule has 4 rings (SSSR count). The number of nitrogens with zero attached hydrogens (tertiary/aromatic N) is 1. The Morgan fingerprint density at radius 1 is 1.03 bits per heavy atom. The molecule has 0 aliphatic carbocycles. The molecule has 31 heavy (non-hydrogen) atoms. The molecule has 0 spiro atoms. The minimum atomic E-state index is -0.560. The normalized spacial score (nSPS) is 11.1. The van der Waals surface area contributed by atoms with Crippen LogP contribution in [0.5, 0.6) is 5.75 Å². The molecule has 7 heteroatoms. The molecule has 0 N–H and O–H groups in total. The van der Waals surface area contributed by atoms with Crippen molar-refractivity contribution in [2.45, 2.75) is 6.61 Å². The average Bonchev–Trinajstić information content (AvgIpc) is 3.24. The highest BCUT2D eigenvalue weighted by molar-refractivity contribution is 6.30. The Bertz CT molecular complexity index is 1310. The molecule has 0 unspecified atom stereocenters. The van der Waals surface area contributed by atoms with Crippen LogP contribution in [0.2, 0.25) is 5.02 Å². The second-order valence-corrected chi connectivity index (χ2v) is 7.16. The minimum absolute atomic E-state index is 0.00503. The third-order valence-corrected chi connectivity index (χ3v) is 4.84. The van der Waals surface area contributed by atoms with E-state index in [0.29, 0.717) is 17.1 Å². The summed E-state index contributed by atoms with van der Waals surface area (Å²) in [5, 5.41) is 13.4. The van der Waals surface area contributed by atoms with Gasteiger partial charge < -0.3 is 9.15 Å². The Balaban J connectivity index is 1.42. The van der Waals surface area contributed by atoms with E-state index < -0.39 is 4.92 Å². The van der Waals surface area contributed by atoms with E-state index in [4.69, 9.17) is 20.8 Å². The third kappa shape index (κ3) is 4.82. The maximum absolute atomic E-state index is 12.5. The molecular weight excluding hydrogens is 418 g/mol. The van der Waals surface area contributed by atoms with Crippen LogP contribution in [0.3, 0.4) is 0 Å². The van der Waals surface area contributed by atoms with Crippen LogP contribution in [0, 0.1) is 10.1 Å². The molecule has 0 fully saturated rings. The van der Waals surface area contributed by atoms with Gasteiger partial charge in [-0.3, -0.25) is 14.9 Å². The molecule has 0 radical (unpaired) electrons. The Labute approximate surface area is 182 Å². The van der Waals surface area contributed by atoms with Gasteiger partial charge in [-0.05, 0) is 53.3 Å². The van der Waals surface area contributed by atoms with Gasteiger partial charge in [0, 0.05) is 16.7 Å². The molecule has 0 saturated carbocycles. The van der Waals surface area contributed by atoms with Crippen LogP contribution in [0.4, 0.5) is 5.69 Å². The first-order chi connectivity index (χ1) is 15.0. The van der Waals surface area contributed by atoms with Crippen LogP contribution in [0.25, 0.3) is 16.8 Å². The zero-order valence-corrected chi connectivity index (χ0v) is 16.9. The van der Waals surface area contributed by atoms with Crippen molar-refractivity contribution >= 4 is 39.9 Å². The van der Waals surface area contributed by atoms with Crippen molar-refractivity contribution < 1.29 is 18.9 Å². The Kier molecular flexibility index (Phi) is 5.82. The molecule has 0 aliphatic heterocycles. The number of ketones is 1. The SMILES string of the molecule is O=C(/C=C/c1ccc(COc2ccc(Cl)cc2[N+](=O)[O-])o1)c1ccc2ccccc2c1. The van der Waals surface area contributed by atoms with Gasteiger partial charge in [0.1, 0.15) is 18.1 Å². The fourth-order valence-corrected chi connectivity index (χ4v) is 3.23. The van der Waals surface area contributed by atoms with Gasteiger partial charge in [0.15, 0.2) is 11.5 Å². The van der Waals surface area contributed by atoms with Crippen molar-refractivity contribution in [2.24, 2.45) is 0 Å². The van der Waals surface area contributed by atoms with E-state index in [0.717, 1.165) is 10.8 Å². The van der Waals surface area contributed by atoms with Gasteiger partial charge in [-0.25, -0.2) is 0 Å². The minimum Gasteiger partial charge on any atom is -0.479 e. The van der Waals surface area contributed by atoms with Crippen molar-refractivity contribution in [3.8, 4) is 5.75 Å². The van der Waals surface area contributed by atoms with Gasteiger partial charge in [0.05, 0.1) is 4.92 Å². The predicted octanol–water partition coefficient (Wildman–Crippen LogP) is 6.47. The molecule has 1 heterocycles. The number of ether oxygens (including phenoxy) is 1. The summed E-state index contributed by atoms with van der Waals surface area (Å²) >= 11 is 5.80. The highest BCUT2D eigenvalue weighted by Crippen LogP contribution is 2.30. The van der Waals surface area contributed by atoms with Gasteiger partial charge in [-0.15, -0.1) is 0 Å². The van der Waals surface area contributed by atoms with Gasteiger partial charge >= 0.3 is 5.69 Å². The quantitative estimate of drug-likeness (QED) is 0.144. The zero-order valence-electron chi connectivity index (χ0n) is 16.2. The van der Waals surface area contributed by atoms with Crippen molar-refractivity contribution in [3.05, 3.63) is 111 Å². The fourth-order valence-electron chi connectivity index (χ4n) is 3.06. The van der Waals surface area contributed by atoms with Crippen LogP contribution < -0.4 is 4.74 Å². The molecule has 4 aromatic rings. The Morgan fingerprint density at radius 2 is 1.84 bits per heavy atom. The van der Waals surface area contributed by atoms with Crippen LogP contribution >= 0.6 is 11.6 Å². The lowest BCUT2D eigenvalue weighted by atomic mass is 10.0. The van der Waals surface area contributed by atoms with Crippen LogP contribution in [-0.2, 0) is 6.61 Å². The first kappa shape index (κ1) is 20.4. The van der Waals surface area contributed by atoms with Crippen LogP contribution in [-0.4, -0.2) is 10.7 Å². The predicted molar refractivity (Wildman–Crippen MR) is 118 cm³/mol. The highest BCUT2D eigenvalue weighted by Gasteiger charge is 2.16. The lowest BCUT2D eigenvalue weighted by Gasteiger charge is -2.05. The number of carbonyl (C=O) groups is 1. The number of hydrogen-bond acceptors (Lipinski definition) is 5. The summed E-state index contributed by atoms with van der Waals surface area (Å²) in [4.78, 5) is 23.1. The monoisotopic (exact) mass is 433 g/mol. The van der Waals surface area contributed by atoms with Crippen molar-refractivity contribution in [3.63, 3.8) is 0 Å². The number of benzene rings is 3. The lowest BCUT2D eigenvalue weighted by Crippen LogP contribution is -1.98. The number of rotatable bonds is 7. The van der Waals surface area contributed by atoms with Crippen molar-refractivity contribution in [2.75, 3.05) is 0 Å². The van der Waals surface area contributed by atoms with Crippen molar-refractivity contribution in [1.82, 2.24) is 0 Å². The molecule has 0 amide bonds. The summed E-state index contributed by atoms with van der Waals surface area (Å²) in [5.74, 6) is 0.881. The number of carbonyl (C=O) groups excluding carboxylic acids is 1. The molecule has 0 atom stereocenters. The molecule has 0 bridgehead atoms. The Morgan fingerprint density at radius 3 is 2.65 bits per heavy atom. The van der Waals surface area contributed by atoms with Gasteiger partial charge in [0.2, 0.25) is 0 Å². The van der Waals surface area contributed by atoms with Crippen molar-refractivity contribution in [1.29, 1.82) is 0 Å². The van der Waals surface area contributed by atoms with E-state index in [1.165, 1.54) is 24.3 Å². The maximum atomic E-state index is 12.5. The number of furan rings is 1. The molecule has 6 nitrogen and oxygen atoms in total. The van der Waals surface area contributed by atoms with Gasteiger partial charge in [-0.1, -0.05) is 48.0 Å². The van der Waals surface area contributed by atoms with Gasteiger partial charge in [0.25, 0.3) is 0 Å². The number of hydrogen-bond donors (Lipinski definition) is 0. The summed E-state index contributed by atoms with van der Waals surface area (Å²) < 4.78 is 11.1. The van der Waals surface area contributed by atoms with E-state index in [1.807, 2.05) is 36.4 Å². The van der Waals surface area contributed by atoms with E-state index >= 15 is 0 Å². The summed E-state index contributed by atoms with van der Waals surface area (Å²) in [6.45, 7) is -0.00503. The zero-order chi connectivity index (χ0) is 21.8. The van der Waals surface area contributed by atoms with Crippen LogP contribution in [0.1, 0.15) is 21.9 Å². The lowest BCUT2D eigenvalue weighted by molar-refractivity contribution is -0.385. The number of nitro benzene ring substituents is 1. The average molecular weight is 434 g/mol. The number of nitro groups is 1. The summed E-state index contributed by atoms with van der Waals surface area (Å²) in [6.07, 6.45) is 3.02. The third-order valence-electron chi connectivity index (χ3n) is 4.60. The maximum Gasteiger partial charge on any atom is 0.312 e. The first-order valence-corrected chi connectivity index (χ1v) is 9.74. The second-order valence-electron chi connectivity index (χ2n) is 6.72. The van der Waals surface area contributed by atoms with Crippen LogP contribution in [0.15, 0.2) is 83.3 Å². The van der Waals surface area contributed by atoms with E-state index in [9.17, 15) is 14.9 Å². The fraction of sp³-hybridized carbons (Fsp3) is 0.0417. The molecule has 0 saturated heterocycles. The first-order valence-electron chi connectivity index (χ1n) is 9.36. The highest BCUT2D eigenvalue weighted by atomic mass is 35.5. The van der Waals surface area contributed by atoms with E-state index in [1.54, 1.807) is 24.3 Å². The molecule has 0 aliphatic rings. The van der Waals surface area contributed by atoms with Gasteiger partial charge in [-0.2, -0.15) is 0 Å². The molecule has 154 valence electrons. The second kappa shape index (κ2) is 8.85. The molecule has 3 aromatic carbocycles. The summed E-state index contributed by atoms with van der Waals surface area (Å²) in [5.41, 5.74) is 0.361. The largest absolute Gasteiger partial charge is 0.479 e. The standard InChI is InChI=1S/C24H16ClNO5/c25-19-7-12-24(22(14-19)26(28)29)30-15-21-9-8-20(31-21)10-11-23(27)18-6-5-16-3-1-2-4-17(16)13-18/h1-14H,15H2/b11-10+. The van der Waals surface area contributed by atoms with E-state index in [2.05, 4.69) is 0 Å². The molecule has 1 aromatic heterocycles. The molecular formula is C24H16ClNO5. The van der Waals surface area contributed by atoms with E-state index in [-0.39, 0.29) is 28.8 Å². The number of fused-ring (bicyclic) bond motifs is 1.